The molecule has 0 amide bonds. The summed E-state index contributed by atoms with van der Waals surface area (Å²) in [6.07, 6.45) is 0. The Kier molecular flexibility index (Phi) is 2.70. The fraction of sp³-hybridized carbons (Fsp3) is 0.333. The molecule has 0 fully saturated rings. The topological polar surface area (TPSA) is 43.1 Å². The number of benzene rings is 1. The lowest BCUT2D eigenvalue weighted by Crippen LogP contribution is -2.40. The Hall–Kier alpha value is -1.23. The van der Waals surface area contributed by atoms with Crippen molar-refractivity contribution in [2.45, 2.75) is 19.6 Å². The highest BCUT2D eigenvalue weighted by Crippen LogP contribution is 2.13. The van der Waals surface area contributed by atoms with Crippen LogP contribution in [0.25, 0.3) is 0 Å². The number of hydrogen-bond donors (Lipinski definition) is 0. The second kappa shape index (κ2) is 3.49. The van der Waals surface area contributed by atoms with Crippen LogP contribution in [-0.4, -0.2) is 13.0 Å². The van der Waals surface area contributed by atoms with Crippen molar-refractivity contribution in [1.29, 1.82) is 0 Å². The van der Waals surface area contributed by atoms with Crippen molar-refractivity contribution in [2.75, 3.05) is 0 Å². The molecule has 0 aromatic heterocycles. The predicted octanol–water partition coefficient (Wildman–Crippen LogP) is 2.28. The molecule has 1 rings (SSSR count). The smallest absolute Gasteiger partial charge is 0.258 e. The number of rotatable bonds is 2. The third-order valence-electron chi connectivity index (χ3n) is 1.97. The zero-order chi connectivity index (χ0) is 10.9. The van der Waals surface area contributed by atoms with Gasteiger partial charge < -0.3 is 0 Å². The maximum Gasteiger partial charge on any atom is 0.269 e. The standard InChI is InChI=1S/C9H12FNO2Si/c1-14(2,3)9-6-7(11(12)13)4-5-8(9)10/h4-6H,1-3H3. The minimum atomic E-state index is -1.83. The molecule has 0 saturated heterocycles. The Balaban J connectivity index is 3.29. The lowest BCUT2D eigenvalue weighted by atomic mass is 10.3. The average molecular weight is 213 g/mol. The molecule has 0 atom stereocenters. The van der Waals surface area contributed by atoms with Crippen LogP contribution in [0.15, 0.2) is 18.2 Å². The molecule has 0 bridgehead atoms. The summed E-state index contributed by atoms with van der Waals surface area (Å²) in [5.74, 6) is -0.338. The van der Waals surface area contributed by atoms with Crippen molar-refractivity contribution in [3.05, 3.63) is 34.1 Å². The number of nitro benzene ring substituents is 1. The van der Waals surface area contributed by atoms with E-state index >= 15 is 0 Å². The second-order valence-corrected chi connectivity index (χ2v) is 9.21. The minimum absolute atomic E-state index is 0.0381. The first kappa shape index (κ1) is 10.8. The number of hydrogen-bond acceptors (Lipinski definition) is 2. The number of non-ortho nitro benzene ring substituents is 1. The molecule has 0 N–H and O–H groups in total. The Morgan fingerprint density at radius 1 is 1.36 bits per heavy atom. The largest absolute Gasteiger partial charge is 0.269 e. The van der Waals surface area contributed by atoms with Crippen molar-refractivity contribution in [3.63, 3.8) is 0 Å². The van der Waals surface area contributed by atoms with E-state index < -0.39 is 13.0 Å². The van der Waals surface area contributed by atoms with Crippen LogP contribution in [-0.2, 0) is 0 Å². The van der Waals surface area contributed by atoms with Gasteiger partial charge in [0.15, 0.2) is 0 Å². The summed E-state index contributed by atoms with van der Waals surface area (Å²) in [5.41, 5.74) is -0.0381. The summed E-state index contributed by atoms with van der Waals surface area (Å²) >= 11 is 0. The molecule has 5 heteroatoms. The van der Waals surface area contributed by atoms with Crippen LogP contribution in [0.3, 0.4) is 0 Å². The normalized spacial score (nSPS) is 11.4. The molecule has 0 saturated carbocycles. The van der Waals surface area contributed by atoms with Gasteiger partial charge in [0.2, 0.25) is 0 Å². The number of nitro groups is 1. The molecule has 3 nitrogen and oxygen atoms in total. The summed E-state index contributed by atoms with van der Waals surface area (Å²) in [4.78, 5) is 9.99. The number of nitrogens with zero attached hydrogens (tertiary/aromatic N) is 1. The Labute approximate surface area is 82.7 Å². The summed E-state index contributed by atoms with van der Waals surface area (Å²) < 4.78 is 13.3. The van der Waals surface area contributed by atoms with E-state index in [0.29, 0.717) is 5.19 Å². The number of halogens is 1. The van der Waals surface area contributed by atoms with Crippen molar-refractivity contribution in [3.8, 4) is 0 Å². The Bertz CT molecular complexity index is 374. The van der Waals surface area contributed by atoms with E-state index in [1.807, 2.05) is 19.6 Å². The predicted molar refractivity (Wildman–Crippen MR) is 56.0 cm³/mol. The zero-order valence-electron chi connectivity index (χ0n) is 8.37. The first-order valence-corrected chi connectivity index (χ1v) is 7.77. The van der Waals surface area contributed by atoms with E-state index in [4.69, 9.17) is 0 Å². The molecule has 0 aliphatic carbocycles. The van der Waals surface area contributed by atoms with E-state index in [1.54, 1.807) is 0 Å². The van der Waals surface area contributed by atoms with Gasteiger partial charge in [-0.2, -0.15) is 0 Å². The Morgan fingerprint density at radius 3 is 2.36 bits per heavy atom. The molecule has 0 aliphatic rings. The fourth-order valence-corrected chi connectivity index (χ4v) is 2.58. The van der Waals surface area contributed by atoms with E-state index in [9.17, 15) is 14.5 Å². The molecule has 0 aliphatic heterocycles. The molecule has 1 aromatic rings. The van der Waals surface area contributed by atoms with Crippen LogP contribution in [0.1, 0.15) is 0 Å². The lowest BCUT2D eigenvalue weighted by Gasteiger charge is -2.16. The first-order valence-electron chi connectivity index (χ1n) is 4.27. The highest BCUT2D eigenvalue weighted by Gasteiger charge is 2.23. The summed E-state index contributed by atoms with van der Waals surface area (Å²) in [6, 6.07) is 3.71. The molecule has 0 unspecified atom stereocenters. The SMILES string of the molecule is C[Si](C)(C)c1cc([N+](=O)[O-])ccc1F. The zero-order valence-corrected chi connectivity index (χ0v) is 9.37. The Morgan fingerprint density at radius 2 is 1.93 bits per heavy atom. The second-order valence-electron chi connectivity index (χ2n) is 4.17. The molecule has 14 heavy (non-hydrogen) atoms. The van der Waals surface area contributed by atoms with Gasteiger partial charge in [0.1, 0.15) is 5.82 Å². The molecular weight excluding hydrogens is 201 g/mol. The van der Waals surface area contributed by atoms with Gasteiger partial charge >= 0.3 is 0 Å². The average Bonchev–Trinajstić information content (AvgIpc) is 2.02. The van der Waals surface area contributed by atoms with E-state index in [1.165, 1.54) is 18.2 Å². The highest BCUT2D eigenvalue weighted by molar-refractivity contribution is 6.88. The van der Waals surface area contributed by atoms with E-state index in [-0.39, 0.29) is 11.5 Å². The molecule has 1 aromatic carbocycles. The molecular formula is C9H12FNO2Si. The van der Waals surface area contributed by atoms with Crippen LogP contribution in [0.5, 0.6) is 0 Å². The summed E-state index contributed by atoms with van der Waals surface area (Å²) in [5, 5.41) is 11.0. The summed E-state index contributed by atoms with van der Waals surface area (Å²) in [7, 11) is -1.83. The lowest BCUT2D eigenvalue weighted by molar-refractivity contribution is -0.384. The van der Waals surface area contributed by atoms with E-state index in [0.717, 1.165) is 0 Å². The van der Waals surface area contributed by atoms with Gasteiger partial charge in [0.25, 0.3) is 5.69 Å². The van der Waals surface area contributed by atoms with Crippen LogP contribution in [0, 0.1) is 15.9 Å². The van der Waals surface area contributed by atoms with Crippen LogP contribution in [0.2, 0.25) is 19.6 Å². The van der Waals surface area contributed by atoms with Gasteiger partial charge in [0, 0.05) is 12.1 Å². The summed E-state index contributed by atoms with van der Waals surface area (Å²) in [6.45, 7) is 5.86. The van der Waals surface area contributed by atoms with Crippen LogP contribution >= 0.6 is 0 Å². The fourth-order valence-electron chi connectivity index (χ4n) is 1.20. The van der Waals surface area contributed by atoms with Crippen molar-refractivity contribution in [2.24, 2.45) is 0 Å². The van der Waals surface area contributed by atoms with Crippen molar-refractivity contribution >= 4 is 18.9 Å². The van der Waals surface area contributed by atoms with Gasteiger partial charge in [-0.15, -0.1) is 0 Å². The molecule has 0 spiro atoms. The maximum absolute atomic E-state index is 13.3. The molecule has 0 heterocycles. The molecule has 0 radical (unpaired) electrons. The third kappa shape index (κ3) is 2.17. The molecule has 76 valence electrons. The van der Waals surface area contributed by atoms with Crippen LogP contribution < -0.4 is 5.19 Å². The van der Waals surface area contributed by atoms with Gasteiger partial charge in [-0.3, -0.25) is 10.1 Å². The van der Waals surface area contributed by atoms with Gasteiger partial charge in [0.05, 0.1) is 13.0 Å². The van der Waals surface area contributed by atoms with Gasteiger partial charge in [-0.25, -0.2) is 4.39 Å². The van der Waals surface area contributed by atoms with Crippen molar-refractivity contribution in [1.82, 2.24) is 0 Å². The van der Waals surface area contributed by atoms with E-state index in [2.05, 4.69) is 0 Å². The van der Waals surface area contributed by atoms with Gasteiger partial charge in [-0.05, 0) is 11.3 Å². The monoisotopic (exact) mass is 213 g/mol. The van der Waals surface area contributed by atoms with Gasteiger partial charge in [-0.1, -0.05) is 19.6 Å². The maximum atomic E-state index is 13.3. The minimum Gasteiger partial charge on any atom is -0.258 e. The highest BCUT2D eigenvalue weighted by atomic mass is 28.3. The quantitative estimate of drug-likeness (QED) is 0.429. The van der Waals surface area contributed by atoms with Crippen LogP contribution in [0.4, 0.5) is 10.1 Å². The van der Waals surface area contributed by atoms with Crippen molar-refractivity contribution < 1.29 is 9.31 Å². The first-order chi connectivity index (χ1) is 6.32. The third-order valence-corrected chi connectivity index (χ3v) is 3.97.